The predicted octanol–water partition coefficient (Wildman–Crippen LogP) is 5.22. The molecule has 0 spiro atoms. The minimum absolute atomic E-state index is 0.204. The smallest absolute Gasteiger partial charge is 0.185 e. The summed E-state index contributed by atoms with van der Waals surface area (Å²) in [4.78, 5) is 12.7. The molecular weight excluding hydrogens is 268 g/mol. The number of carbonyl (C=O) groups excluding carboxylic acids is 1. The van der Waals surface area contributed by atoms with Gasteiger partial charge in [0.05, 0.1) is 0 Å². The summed E-state index contributed by atoms with van der Waals surface area (Å²) in [5.41, 5.74) is 5.30. The molecule has 0 aromatic heterocycles. The highest BCUT2D eigenvalue weighted by Gasteiger charge is 2.20. The maximum absolute atomic E-state index is 12.7. The number of Topliss-reactive ketones (excluding diaryl/α,β-unsaturated/α-hetero) is 1. The Bertz CT molecular complexity index is 718. The van der Waals surface area contributed by atoms with Crippen molar-refractivity contribution in [3.63, 3.8) is 0 Å². The lowest BCUT2D eigenvalue weighted by molar-refractivity contribution is -0.112. The second-order valence-electron chi connectivity index (χ2n) is 5.84. The number of rotatable bonds is 2. The Kier molecular flexibility index (Phi) is 4.34. The van der Waals surface area contributed by atoms with Crippen molar-refractivity contribution >= 4 is 17.9 Å². The zero-order valence-corrected chi connectivity index (χ0v) is 12.9. The third kappa shape index (κ3) is 3.43. The van der Waals surface area contributed by atoms with E-state index < -0.39 is 0 Å². The molecule has 0 saturated heterocycles. The van der Waals surface area contributed by atoms with Gasteiger partial charge >= 0.3 is 0 Å². The fraction of sp³-hybridized carbons (Fsp3) is 0.190. The van der Waals surface area contributed by atoms with Crippen LogP contribution in [0.4, 0.5) is 0 Å². The van der Waals surface area contributed by atoms with Crippen LogP contribution in [0.25, 0.3) is 12.2 Å². The van der Waals surface area contributed by atoms with Gasteiger partial charge in [0.1, 0.15) is 0 Å². The van der Waals surface area contributed by atoms with Crippen LogP contribution in [-0.2, 0) is 4.79 Å². The SMILES string of the molecule is Cc1ccc(C=C2CCCC(=Cc3ccccc3)C2=O)cc1. The Morgan fingerprint density at radius 3 is 1.91 bits per heavy atom. The molecule has 0 amide bonds. The van der Waals surface area contributed by atoms with Crippen molar-refractivity contribution in [3.8, 4) is 0 Å². The quantitative estimate of drug-likeness (QED) is 0.693. The van der Waals surface area contributed by atoms with Gasteiger partial charge in [-0.25, -0.2) is 0 Å². The van der Waals surface area contributed by atoms with Crippen LogP contribution in [-0.4, -0.2) is 5.78 Å². The number of benzene rings is 2. The highest BCUT2D eigenvalue weighted by molar-refractivity contribution is 6.13. The van der Waals surface area contributed by atoms with Crippen LogP contribution in [0.5, 0.6) is 0 Å². The average Bonchev–Trinajstić information content (AvgIpc) is 2.54. The lowest BCUT2D eigenvalue weighted by atomic mass is 9.87. The molecule has 0 heterocycles. The Hall–Kier alpha value is -2.41. The van der Waals surface area contributed by atoms with Crippen molar-refractivity contribution in [1.29, 1.82) is 0 Å². The molecule has 0 aliphatic heterocycles. The highest BCUT2D eigenvalue weighted by atomic mass is 16.1. The van der Waals surface area contributed by atoms with E-state index in [0.717, 1.165) is 41.5 Å². The summed E-state index contributed by atoms with van der Waals surface area (Å²) in [6.07, 6.45) is 6.87. The molecule has 2 aromatic carbocycles. The van der Waals surface area contributed by atoms with E-state index in [2.05, 4.69) is 31.2 Å². The van der Waals surface area contributed by atoms with E-state index in [4.69, 9.17) is 0 Å². The van der Waals surface area contributed by atoms with Crippen molar-refractivity contribution in [3.05, 3.63) is 82.4 Å². The van der Waals surface area contributed by atoms with Crippen molar-refractivity contribution < 1.29 is 4.79 Å². The monoisotopic (exact) mass is 288 g/mol. The Morgan fingerprint density at radius 2 is 1.32 bits per heavy atom. The van der Waals surface area contributed by atoms with Gasteiger partial charge in [0.25, 0.3) is 0 Å². The maximum Gasteiger partial charge on any atom is 0.185 e. The molecule has 1 nitrogen and oxygen atoms in total. The van der Waals surface area contributed by atoms with Crippen LogP contribution in [0, 0.1) is 6.92 Å². The molecule has 1 aliphatic carbocycles. The van der Waals surface area contributed by atoms with Crippen LogP contribution in [0.3, 0.4) is 0 Å². The molecule has 0 bridgehead atoms. The molecule has 1 aliphatic rings. The van der Waals surface area contributed by atoms with E-state index in [1.165, 1.54) is 5.56 Å². The fourth-order valence-electron chi connectivity index (χ4n) is 2.79. The number of hydrogen-bond donors (Lipinski definition) is 0. The zero-order valence-electron chi connectivity index (χ0n) is 12.9. The van der Waals surface area contributed by atoms with Crippen molar-refractivity contribution in [2.45, 2.75) is 26.2 Å². The van der Waals surface area contributed by atoms with Crippen LogP contribution < -0.4 is 0 Å². The van der Waals surface area contributed by atoms with E-state index in [1.807, 2.05) is 42.5 Å². The summed E-state index contributed by atoms with van der Waals surface area (Å²) in [7, 11) is 0. The van der Waals surface area contributed by atoms with E-state index in [-0.39, 0.29) is 5.78 Å². The lowest BCUT2D eigenvalue weighted by Gasteiger charge is -2.16. The second kappa shape index (κ2) is 6.57. The topological polar surface area (TPSA) is 17.1 Å². The van der Waals surface area contributed by atoms with Gasteiger partial charge in [0, 0.05) is 11.1 Å². The summed E-state index contributed by atoms with van der Waals surface area (Å²) >= 11 is 0. The van der Waals surface area contributed by atoms with Crippen LogP contribution in [0.15, 0.2) is 65.7 Å². The van der Waals surface area contributed by atoms with Gasteiger partial charge in [0.2, 0.25) is 0 Å². The average molecular weight is 288 g/mol. The normalized spacial score (nSPS) is 18.9. The van der Waals surface area contributed by atoms with Gasteiger partial charge in [-0.2, -0.15) is 0 Å². The number of allylic oxidation sites excluding steroid dienone is 2. The zero-order chi connectivity index (χ0) is 15.4. The van der Waals surface area contributed by atoms with Gasteiger partial charge in [-0.3, -0.25) is 4.79 Å². The van der Waals surface area contributed by atoms with E-state index in [0.29, 0.717) is 0 Å². The molecule has 0 atom stereocenters. The summed E-state index contributed by atoms with van der Waals surface area (Å²) in [5, 5.41) is 0. The molecule has 0 radical (unpaired) electrons. The lowest BCUT2D eigenvalue weighted by Crippen LogP contribution is -2.12. The van der Waals surface area contributed by atoms with Gasteiger partial charge in [-0.05, 0) is 49.5 Å². The Morgan fingerprint density at radius 1 is 0.773 bits per heavy atom. The minimum atomic E-state index is 0.204. The van der Waals surface area contributed by atoms with Crippen LogP contribution >= 0.6 is 0 Å². The Balaban J connectivity index is 1.87. The van der Waals surface area contributed by atoms with Crippen molar-refractivity contribution in [1.82, 2.24) is 0 Å². The van der Waals surface area contributed by atoms with Gasteiger partial charge in [-0.1, -0.05) is 60.2 Å². The van der Waals surface area contributed by atoms with Gasteiger partial charge in [-0.15, -0.1) is 0 Å². The minimum Gasteiger partial charge on any atom is -0.289 e. The van der Waals surface area contributed by atoms with Gasteiger partial charge in [0.15, 0.2) is 5.78 Å². The van der Waals surface area contributed by atoms with Crippen molar-refractivity contribution in [2.75, 3.05) is 0 Å². The molecule has 1 fully saturated rings. The molecule has 2 aromatic rings. The first-order valence-electron chi connectivity index (χ1n) is 7.80. The number of ketones is 1. The molecular formula is C21H20O. The summed E-state index contributed by atoms with van der Waals surface area (Å²) in [6.45, 7) is 2.07. The van der Waals surface area contributed by atoms with E-state index >= 15 is 0 Å². The molecule has 1 heteroatoms. The molecule has 0 unspecified atom stereocenters. The largest absolute Gasteiger partial charge is 0.289 e. The standard InChI is InChI=1S/C21H20O/c1-16-10-12-18(13-11-16)15-20-9-5-8-19(21(20)22)14-17-6-3-2-4-7-17/h2-4,6-7,10-15H,5,8-9H2,1H3. The Labute approximate surface area is 132 Å². The molecule has 1 saturated carbocycles. The summed E-state index contributed by atoms with van der Waals surface area (Å²) in [6, 6.07) is 18.4. The third-order valence-electron chi connectivity index (χ3n) is 4.03. The first-order chi connectivity index (χ1) is 10.7. The van der Waals surface area contributed by atoms with Crippen molar-refractivity contribution in [2.24, 2.45) is 0 Å². The van der Waals surface area contributed by atoms with Crippen LogP contribution in [0.2, 0.25) is 0 Å². The van der Waals surface area contributed by atoms with E-state index in [1.54, 1.807) is 0 Å². The first-order valence-corrected chi connectivity index (χ1v) is 7.80. The van der Waals surface area contributed by atoms with E-state index in [9.17, 15) is 4.79 Å². The molecule has 0 N–H and O–H groups in total. The molecule has 22 heavy (non-hydrogen) atoms. The molecule has 110 valence electrons. The molecule has 3 rings (SSSR count). The summed E-state index contributed by atoms with van der Waals surface area (Å²) in [5.74, 6) is 0.204. The second-order valence-corrected chi connectivity index (χ2v) is 5.84. The maximum atomic E-state index is 12.7. The third-order valence-corrected chi connectivity index (χ3v) is 4.03. The van der Waals surface area contributed by atoms with Crippen LogP contribution in [0.1, 0.15) is 36.0 Å². The predicted molar refractivity (Wildman–Crippen MR) is 92.4 cm³/mol. The number of carbonyl (C=O) groups is 1. The number of aryl methyl sites for hydroxylation is 1. The first kappa shape index (κ1) is 14.5. The summed E-state index contributed by atoms with van der Waals surface area (Å²) < 4.78 is 0. The highest BCUT2D eigenvalue weighted by Crippen LogP contribution is 2.28. The fourth-order valence-corrected chi connectivity index (χ4v) is 2.79. The number of hydrogen-bond acceptors (Lipinski definition) is 1. The van der Waals surface area contributed by atoms with Gasteiger partial charge < -0.3 is 0 Å².